The molecule has 0 atom stereocenters. The standard InChI is InChI=1S/C16H16N4O4/c1-11-3-2-4-13(7-11)17-10-16(22)19-18-9-12-8-14(20(23)24)5-6-15(12)21/h2-9,17,21H,10H2,1H3,(H,19,22)/p-1/b18-9+. The number of amides is 1. The Morgan fingerprint density at radius 2 is 2.08 bits per heavy atom. The molecule has 0 aliphatic rings. The lowest BCUT2D eigenvalue weighted by Crippen LogP contribution is -2.25. The SMILES string of the molecule is Cc1cccc(NCC(=O)N/N=C/c2cc([N+](=O)[O-])ccc2[O-])c1. The first-order chi connectivity index (χ1) is 11.5. The molecule has 24 heavy (non-hydrogen) atoms. The van der Waals surface area contributed by atoms with E-state index in [4.69, 9.17) is 0 Å². The van der Waals surface area contributed by atoms with Crippen LogP contribution in [-0.4, -0.2) is 23.6 Å². The van der Waals surface area contributed by atoms with E-state index in [-0.39, 0.29) is 17.8 Å². The summed E-state index contributed by atoms with van der Waals surface area (Å²) in [5.41, 5.74) is 3.92. The average Bonchev–Trinajstić information content (AvgIpc) is 2.54. The van der Waals surface area contributed by atoms with Gasteiger partial charge in [-0.25, -0.2) is 5.43 Å². The van der Waals surface area contributed by atoms with Crippen molar-refractivity contribution in [3.8, 4) is 5.75 Å². The number of carbonyl (C=O) groups is 1. The molecule has 0 saturated carbocycles. The Morgan fingerprint density at radius 1 is 1.29 bits per heavy atom. The van der Waals surface area contributed by atoms with Gasteiger partial charge in [0.15, 0.2) is 0 Å². The van der Waals surface area contributed by atoms with E-state index in [1.807, 2.05) is 31.2 Å². The van der Waals surface area contributed by atoms with Gasteiger partial charge in [0.05, 0.1) is 17.7 Å². The van der Waals surface area contributed by atoms with E-state index >= 15 is 0 Å². The van der Waals surface area contributed by atoms with Crippen molar-refractivity contribution in [2.75, 3.05) is 11.9 Å². The van der Waals surface area contributed by atoms with Crippen molar-refractivity contribution in [2.45, 2.75) is 6.92 Å². The Labute approximate surface area is 138 Å². The molecule has 0 unspecified atom stereocenters. The third-order valence-corrected chi connectivity index (χ3v) is 3.07. The zero-order chi connectivity index (χ0) is 17.5. The normalized spacial score (nSPS) is 10.5. The molecule has 0 bridgehead atoms. The number of aryl methyl sites for hydroxylation is 1. The minimum absolute atomic E-state index is 0.0000368. The van der Waals surface area contributed by atoms with Gasteiger partial charge in [-0.1, -0.05) is 23.9 Å². The number of nitro benzene ring substituents is 1. The lowest BCUT2D eigenvalue weighted by atomic mass is 10.2. The first kappa shape index (κ1) is 16.9. The van der Waals surface area contributed by atoms with Crippen LogP contribution in [0, 0.1) is 17.0 Å². The number of hydrogen-bond acceptors (Lipinski definition) is 6. The summed E-state index contributed by atoms with van der Waals surface area (Å²) >= 11 is 0. The number of carbonyl (C=O) groups excluding carboxylic acids is 1. The Hall–Kier alpha value is -3.42. The van der Waals surface area contributed by atoms with Crippen LogP contribution in [0.15, 0.2) is 47.6 Å². The van der Waals surface area contributed by atoms with Crippen LogP contribution in [0.5, 0.6) is 5.75 Å². The summed E-state index contributed by atoms with van der Waals surface area (Å²) < 4.78 is 0. The van der Waals surface area contributed by atoms with Crippen LogP contribution >= 0.6 is 0 Å². The summed E-state index contributed by atoms with van der Waals surface area (Å²) in [4.78, 5) is 21.7. The van der Waals surface area contributed by atoms with Crippen LogP contribution in [0.2, 0.25) is 0 Å². The average molecular weight is 327 g/mol. The second-order valence-corrected chi connectivity index (χ2v) is 5.00. The lowest BCUT2D eigenvalue weighted by Gasteiger charge is -2.09. The van der Waals surface area contributed by atoms with Gasteiger partial charge in [-0.15, -0.1) is 0 Å². The summed E-state index contributed by atoms with van der Waals surface area (Å²) in [5.74, 6) is -0.831. The van der Waals surface area contributed by atoms with Crippen molar-refractivity contribution in [3.63, 3.8) is 0 Å². The van der Waals surface area contributed by atoms with Crippen LogP contribution in [-0.2, 0) is 4.79 Å². The summed E-state index contributed by atoms with van der Waals surface area (Å²) in [5, 5.41) is 28.8. The van der Waals surface area contributed by atoms with Gasteiger partial charge in [-0.2, -0.15) is 5.10 Å². The van der Waals surface area contributed by atoms with Crippen LogP contribution in [0.3, 0.4) is 0 Å². The van der Waals surface area contributed by atoms with Gasteiger partial charge < -0.3 is 10.4 Å². The fraction of sp³-hybridized carbons (Fsp3) is 0.125. The number of benzene rings is 2. The summed E-state index contributed by atoms with van der Waals surface area (Å²) in [6.45, 7) is 1.94. The number of hydrogen-bond donors (Lipinski definition) is 2. The molecule has 124 valence electrons. The lowest BCUT2D eigenvalue weighted by molar-refractivity contribution is -0.385. The highest BCUT2D eigenvalue weighted by Gasteiger charge is 2.05. The number of anilines is 1. The molecule has 0 radical (unpaired) electrons. The van der Waals surface area contributed by atoms with Crippen molar-refractivity contribution >= 4 is 23.5 Å². The summed E-state index contributed by atoms with van der Waals surface area (Å²) in [6.07, 6.45) is 1.08. The molecule has 8 heteroatoms. The maximum atomic E-state index is 11.7. The molecule has 0 spiro atoms. The molecule has 0 saturated heterocycles. The number of nitrogens with one attached hydrogen (secondary N) is 2. The van der Waals surface area contributed by atoms with Crippen LogP contribution in [0.1, 0.15) is 11.1 Å². The first-order valence-electron chi connectivity index (χ1n) is 7.03. The molecule has 2 N–H and O–H groups in total. The number of nitrogens with zero attached hydrogens (tertiary/aromatic N) is 2. The maximum Gasteiger partial charge on any atom is 0.270 e. The van der Waals surface area contributed by atoms with E-state index in [9.17, 15) is 20.0 Å². The second-order valence-electron chi connectivity index (χ2n) is 5.00. The maximum absolute atomic E-state index is 11.7. The first-order valence-corrected chi connectivity index (χ1v) is 7.03. The molecule has 2 rings (SSSR count). The Morgan fingerprint density at radius 3 is 2.79 bits per heavy atom. The fourth-order valence-corrected chi connectivity index (χ4v) is 1.90. The van der Waals surface area contributed by atoms with Gasteiger partial charge in [-0.05, 0) is 30.2 Å². The van der Waals surface area contributed by atoms with E-state index in [1.165, 1.54) is 0 Å². The zero-order valence-corrected chi connectivity index (χ0v) is 12.9. The molecule has 2 aromatic rings. The van der Waals surface area contributed by atoms with Crippen LogP contribution < -0.4 is 15.8 Å². The van der Waals surface area contributed by atoms with Gasteiger partial charge in [0.2, 0.25) is 0 Å². The Balaban J connectivity index is 1.90. The predicted octanol–water partition coefficient (Wildman–Crippen LogP) is 1.54. The smallest absolute Gasteiger partial charge is 0.270 e. The minimum Gasteiger partial charge on any atom is -0.872 e. The Bertz CT molecular complexity index is 789. The second kappa shape index (κ2) is 7.73. The molecule has 2 aromatic carbocycles. The molecule has 8 nitrogen and oxygen atoms in total. The van der Waals surface area contributed by atoms with Crippen molar-refractivity contribution in [3.05, 3.63) is 63.7 Å². The molecule has 0 aliphatic heterocycles. The number of non-ortho nitro benzene ring substituents is 1. The van der Waals surface area contributed by atoms with Gasteiger partial charge in [0, 0.05) is 17.8 Å². The van der Waals surface area contributed by atoms with Gasteiger partial charge in [0.25, 0.3) is 11.6 Å². The number of hydrazone groups is 1. The highest BCUT2D eigenvalue weighted by atomic mass is 16.6. The van der Waals surface area contributed by atoms with Crippen molar-refractivity contribution in [2.24, 2.45) is 5.10 Å². The molecule has 0 heterocycles. The highest BCUT2D eigenvalue weighted by molar-refractivity contribution is 5.86. The quantitative estimate of drug-likeness (QED) is 0.474. The van der Waals surface area contributed by atoms with E-state index in [0.29, 0.717) is 0 Å². The van der Waals surface area contributed by atoms with Gasteiger partial charge in [-0.3, -0.25) is 14.9 Å². The van der Waals surface area contributed by atoms with Crippen molar-refractivity contribution < 1.29 is 14.8 Å². The highest BCUT2D eigenvalue weighted by Crippen LogP contribution is 2.18. The van der Waals surface area contributed by atoms with E-state index in [2.05, 4.69) is 15.8 Å². The van der Waals surface area contributed by atoms with Crippen LogP contribution in [0.4, 0.5) is 11.4 Å². The van der Waals surface area contributed by atoms with E-state index in [1.54, 1.807) is 0 Å². The molecule has 0 aliphatic carbocycles. The zero-order valence-electron chi connectivity index (χ0n) is 12.9. The number of nitro groups is 1. The summed E-state index contributed by atoms with van der Waals surface area (Å²) in [6, 6.07) is 10.8. The van der Waals surface area contributed by atoms with Crippen LogP contribution in [0.25, 0.3) is 0 Å². The topological polar surface area (TPSA) is 120 Å². The molecule has 0 aromatic heterocycles. The monoisotopic (exact) mass is 327 g/mol. The van der Waals surface area contributed by atoms with Gasteiger partial charge >= 0.3 is 0 Å². The number of rotatable bonds is 6. The minimum atomic E-state index is -0.610. The molecular formula is C16H15N4O4-. The van der Waals surface area contributed by atoms with Crippen molar-refractivity contribution in [1.82, 2.24) is 5.43 Å². The largest absolute Gasteiger partial charge is 0.872 e. The predicted molar refractivity (Wildman–Crippen MR) is 87.9 cm³/mol. The molecule has 0 fully saturated rings. The Kier molecular flexibility index (Phi) is 5.45. The van der Waals surface area contributed by atoms with Crippen molar-refractivity contribution in [1.29, 1.82) is 0 Å². The molecular weight excluding hydrogens is 312 g/mol. The third kappa shape index (κ3) is 4.80. The molecule has 1 amide bonds. The van der Waals surface area contributed by atoms with E-state index < -0.39 is 16.6 Å². The fourth-order valence-electron chi connectivity index (χ4n) is 1.90. The van der Waals surface area contributed by atoms with Gasteiger partial charge in [0.1, 0.15) is 0 Å². The third-order valence-electron chi connectivity index (χ3n) is 3.07. The van der Waals surface area contributed by atoms with E-state index in [0.717, 1.165) is 35.7 Å². The summed E-state index contributed by atoms with van der Waals surface area (Å²) in [7, 11) is 0.